The van der Waals surface area contributed by atoms with Crippen molar-refractivity contribution in [1.29, 1.82) is 0 Å². The van der Waals surface area contributed by atoms with Gasteiger partial charge in [0.05, 0.1) is 12.9 Å². The minimum Gasteiger partial charge on any atom is -0.387 e. The smallest absolute Gasteiger partial charge is 0.387 e. The number of nitrogens with two attached hydrogens (primary N) is 1. The number of hydrogen-bond acceptors (Lipinski definition) is 10. The molecular formula is C10H16N6O9P2. The maximum Gasteiger partial charge on any atom is 0.412 e. The molecule has 1 unspecified atom stereocenters. The number of imidazole rings is 1. The number of aromatic nitrogens is 4. The van der Waals surface area contributed by atoms with Gasteiger partial charge in [0.1, 0.15) is 30.2 Å². The van der Waals surface area contributed by atoms with E-state index >= 15 is 0 Å². The van der Waals surface area contributed by atoms with Crippen LogP contribution in [0.15, 0.2) is 12.7 Å². The number of ether oxygens (including phenoxy) is 1. The fourth-order valence-electron chi connectivity index (χ4n) is 2.52. The number of aliphatic hydroxyl groups excluding tert-OH is 2. The van der Waals surface area contributed by atoms with Crippen LogP contribution in [-0.2, 0) is 18.4 Å². The topological polar surface area (TPSA) is 235 Å². The SMILES string of the molecule is Nc1ncnc2c1ncn2[C@@H]1O[C@H](COP(=O)(O)NP(=O)(O)O)[C@@H](O)[C@H]1O. The average Bonchev–Trinajstić information content (AvgIpc) is 3.07. The van der Waals surface area contributed by atoms with Crippen molar-refractivity contribution in [1.82, 2.24) is 24.4 Å². The van der Waals surface area contributed by atoms with Gasteiger partial charge in [0, 0.05) is 0 Å². The molecule has 2 aromatic rings. The normalized spacial score (nSPS) is 28.5. The molecule has 8 N–H and O–H groups in total. The van der Waals surface area contributed by atoms with Crippen LogP contribution in [0.1, 0.15) is 6.23 Å². The van der Waals surface area contributed by atoms with Crippen LogP contribution >= 0.6 is 15.5 Å². The number of nitrogens with zero attached hydrogens (tertiary/aromatic N) is 4. The molecule has 3 rings (SSSR count). The number of hydrogen-bond donors (Lipinski definition) is 7. The molecule has 0 saturated carbocycles. The fourth-order valence-corrected chi connectivity index (χ4v) is 4.42. The van der Waals surface area contributed by atoms with Gasteiger partial charge < -0.3 is 35.4 Å². The predicted octanol–water partition coefficient (Wildman–Crippen LogP) is -2.17. The zero-order valence-electron chi connectivity index (χ0n) is 13.3. The van der Waals surface area contributed by atoms with Crippen LogP contribution < -0.4 is 10.6 Å². The summed E-state index contributed by atoms with van der Waals surface area (Å²) in [5.74, 6) is 0.0939. The van der Waals surface area contributed by atoms with Crippen LogP contribution in [0.3, 0.4) is 0 Å². The standard InChI is InChI=1S/C10H16N6O9P2/c11-8-5-9(13-2-12-8)16(3-14-5)10-7(18)6(17)4(25-10)1-24-27(22,23)15-26(19,20)21/h2-4,6-7,10,17-18H,1H2,(H2,11,12,13)(H4,15,19,20,21,22,23)/t4-,6-,7-,10-/m1/s1. The van der Waals surface area contributed by atoms with E-state index in [1.54, 1.807) is 0 Å². The summed E-state index contributed by atoms with van der Waals surface area (Å²) in [6.45, 7) is -0.751. The van der Waals surface area contributed by atoms with Crippen molar-refractivity contribution in [3.8, 4) is 0 Å². The predicted molar refractivity (Wildman–Crippen MR) is 86.6 cm³/mol. The van der Waals surface area contributed by atoms with Gasteiger partial charge in [0.15, 0.2) is 17.7 Å². The van der Waals surface area contributed by atoms with Gasteiger partial charge in [-0.1, -0.05) is 0 Å². The van der Waals surface area contributed by atoms with Crippen molar-refractivity contribution < 1.29 is 43.3 Å². The molecule has 3 heterocycles. The van der Waals surface area contributed by atoms with E-state index in [1.165, 1.54) is 17.2 Å². The Morgan fingerprint density at radius 1 is 1.22 bits per heavy atom. The van der Waals surface area contributed by atoms with Gasteiger partial charge in [0.2, 0.25) is 0 Å². The lowest BCUT2D eigenvalue weighted by molar-refractivity contribution is -0.0486. The third-order valence-corrected chi connectivity index (χ3v) is 6.22. The second-order valence-electron chi connectivity index (χ2n) is 5.59. The van der Waals surface area contributed by atoms with Crippen molar-refractivity contribution in [3.63, 3.8) is 0 Å². The molecule has 5 atom stereocenters. The van der Waals surface area contributed by atoms with E-state index in [0.717, 1.165) is 4.86 Å². The second-order valence-corrected chi connectivity index (χ2v) is 8.78. The summed E-state index contributed by atoms with van der Waals surface area (Å²) in [5, 5.41) is 20.3. The molecule has 0 aromatic carbocycles. The van der Waals surface area contributed by atoms with Crippen molar-refractivity contribution in [2.45, 2.75) is 24.5 Å². The summed E-state index contributed by atoms with van der Waals surface area (Å²) in [6.07, 6.45) is -3.07. The van der Waals surface area contributed by atoms with E-state index < -0.39 is 46.6 Å². The Morgan fingerprint density at radius 3 is 2.59 bits per heavy atom. The molecule has 1 aliphatic rings. The Morgan fingerprint density at radius 2 is 1.93 bits per heavy atom. The first-order chi connectivity index (χ1) is 12.5. The van der Waals surface area contributed by atoms with Crippen molar-refractivity contribution in [2.24, 2.45) is 0 Å². The summed E-state index contributed by atoms with van der Waals surface area (Å²) in [6, 6.07) is 0. The monoisotopic (exact) mass is 426 g/mol. The minimum atomic E-state index is -5.04. The zero-order valence-corrected chi connectivity index (χ0v) is 15.1. The second kappa shape index (κ2) is 7.14. The highest BCUT2D eigenvalue weighted by Crippen LogP contribution is 2.49. The Kier molecular flexibility index (Phi) is 5.35. The van der Waals surface area contributed by atoms with Gasteiger partial charge in [-0.05, 0) is 0 Å². The third-order valence-electron chi connectivity index (χ3n) is 3.67. The summed E-state index contributed by atoms with van der Waals surface area (Å²) in [5.41, 5.74) is 6.14. The average molecular weight is 426 g/mol. The number of nitrogen functional groups attached to an aromatic ring is 1. The summed E-state index contributed by atoms with van der Waals surface area (Å²) >= 11 is 0. The van der Waals surface area contributed by atoms with Crippen molar-refractivity contribution >= 4 is 32.5 Å². The van der Waals surface area contributed by atoms with E-state index in [2.05, 4.69) is 19.5 Å². The molecule has 0 radical (unpaired) electrons. The molecule has 1 saturated heterocycles. The highest BCUT2D eigenvalue weighted by atomic mass is 31.3. The third kappa shape index (κ3) is 4.33. The van der Waals surface area contributed by atoms with Gasteiger partial charge in [-0.15, -0.1) is 4.86 Å². The molecule has 150 valence electrons. The van der Waals surface area contributed by atoms with E-state index in [4.69, 9.17) is 20.3 Å². The highest BCUT2D eigenvalue weighted by Gasteiger charge is 2.45. The Hall–Kier alpha value is -1.51. The fraction of sp³-hybridized carbons (Fsp3) is 0.500. The Balaban J connectivity index is 1.75. The van der Waals surface area contributed by atoms with E-state index in [9.17, 15) is 24.2 Å². The van der Waals surface area contributed by atoms with E-state index in [0.29, 0.717) is 0 Å². The maximum absolute atomic E-state index is 11.6. The van der Waals surface area contributed by atoms with Gasteiger partial charge in [-0.25, -0.2) is 24.1 Å². The number of rotatable bonds is 6. The molecule has 15 nitrogen and oxygen atoms in total. The van der Waals surface area contributed by atoms with Gasteiger partial charge in [0.25, 0.3) is 0 Å². The van der Waals surface area contributed by atoms with E-state index in [1.807, 2.05) is 0 Å². The molecule has 0 spiro atoms. The molecule has 0 bridgehead atoms. The van der Waals surface area contributed by atoms with Crippen LogP contribution in [0.2, 0.25) is 0 Å². The quantitative estimate of drug-likeness (QED) is 0.243. The van der Waals surface area contributed by atoms with Crippen molar-refractivity contribution in [2.75, 3.05) is 12.3 Å². The highest BCUT2D eigenvalue weighted by molar-refractivity contribution is 7.66. The summed E-state index contributed by atoms with van der Waals surface area (Å²) in [7, 11) is -9.92. The Bertz CT molecular complexity index is 933. The number of fused-ring (bicyclic) bond motifs is 1. The van der Waals surface area contributed by atoms with Crippen LogP contribution in [0.5, 0.6) is 0 Å². The zero-order chi connectivity index (χ0) is 20.0. The lowest BCUT2D eigenvalue weighted by Crippen LogP contribution is -2.34. The molecule has 27 heavy (non-hydrogen) atoms. The Labute approximate surface area is 150 Å². The van der Waals surface area contributed by atoms with E-state index in [-0.39, 0.29) is 17.0 Å². The summed E-state index contributed by atoms with van der Waals surface area (Å²) < 4.78 is 33.6. The van der Waals surface area contributed by atoms with Gasteiger partial charge >= 0.3 is 15.5 Å². The van der Waals surface area contributed by atoms with Crippen LogP contribution in [0.25, 0.3) is 11.2 Å². The molecule has 1 aliphatic heterocycles. The molecule has 17 heteroatoms. The molecular weight excluding hydrogens is 410 g/mol. The van der Waals surface area contributed by atoms with Gasteiger partial charge in [-0.2, -0.15) is 0 Å². The van der Waals surface area contributed by atoms with Crippen LogP contribution in [-0.4, -0.2) is 69.3 Å². The lowest BCUT2D eigenvalue weighted by atomic mass is 10.1. The number of aliphatic hydroxyl groups is 2. The first kappa shape index (κ1) is 20.2. The molecule has 2 aromatic heterocycles. The number of nitrogens with one attached hydrogen (secondary N) is 1. The van der Waals surface area contributed by atoms with Crippen LogP contribution in [0.4, 0.5) is 5.82 Å². The number of anilines is 1. The van der Waals surface area contributed by atoms with Crippen molar-refractivity contribution in [3.05, 3.63) is 12.7 Å². The summed E-state index contributed by atoms with van der Waals surface area (Å²) in [4.78, 5) is 39.6. The first-order valence-electron chi connectivity index (χ1n) is 7.25. The van der Waals surface area contributed by atoms with Crippen LogP contribution in [0, 0.1) is 0 Å². The lowest BCUT2D eigenvalue weighted by Gasteiger charge is -2.18. The maximum atomic E-state index is 11.6. The minimum absolute atomic E-state index is 0.0939. The molecule has 0 aliphatic carbocycles. The molecule has 1 fully saturated rings. The van der Waals surface area contributed by atoms with Gasteiger partial charge in [-0.3, -0.25) is 9.09 Å². The molecule has 0 amide bonds. The first-order valence-corrected chi connectivity index (χ1v) is 10.4. The largest absolute Gasteiger partial charge is 0.412 e.